The fourth-order valence-electron chi connectivity index (χ4n) is 2.96. The van der Waals surface area contributed by atoms with E-state index < -0.39 is 0 Å². The second-order valence-electron chi connectivity index (χ2n) is 7.50. The van der Waals surface area contributed by atoms with Crippen molar-refractivity contribution in [1.29, 1.82) is 0 Å². The van der Waals surface area contributed by atoms with E-state index in [1.165, 1.54) is 0 Å². The van der Waals surface area contributed by atoms with E-state index in [2.05, 4.69) is 58.0 Å². The molecule has 1 fully saturated rings. The van der Waals surface area contributed by atoms with Crippen molar-refractivity contribution < 1.29 is 4.52 Å². The minimum atomic E-state index is -0.114. The lowest BCUT2D eigenvalue weighted by Gasteiger charge is -2.37. The van der Waals surface area contributed by atoms with Crippen molar-refractivity contribution in [2.75, 3.05) is 25.0 Å². The molecule has 0 aromatic carbocycles. The number of hydrogen-bond donors (Lipinski definition) is 0. The summed E-state index contributed by atoms with van der Waals surface area (Å²) in [7, 11) is 2.12. The minimum absolute atomic E-state index is 0.114. The molecule has 0 radical (unpaired) electrons. The van der Waals surface area contributed by atoms with Gasteiger partial charge in [0.25, 0.3) is 0 Å². The van der Waals surface area contributed by atoms with E-state index in [0.717, 1.165) is 37.6 Å². The molecular formula is C17H26N6O. The zero-order valence-electron chi connectivity index (χ0n) is 14.9. The largest absolute Gasteiger partial charge is 0.354 e. The molecule has 0 N–H and O–H groups in total. The van der Waals surface area contributed by atoms with Crippen molar-refractivity contribution in [3.63, 3.8) is 0 Å². The Morgan fingerprint density at radius 1 is 1.38 bits per heavy atom. The number of anilines is 1. The molecule has 0 amide bonds. The highest BCUT2D eigenvalue weighted by Gasteiger charge is 2.26. The van der Waals surface area contributed by atoms with E-state index in [9.17, 15) is 0 Å². The summed E-state index contributed by atoms with van der Waals surface area (Å²) in [5.41, 5.74) is -0.114. The average Bonchev–Trinajstić information content (AvgIpc) is 3.05. The number of nitrogens with zero attached hydrogens (tertiary/aromatic N) is 6. The zero-order valence-corrected chi connectivity index (χ0v) is 14.9. The molecule has 24 heavy (non-hydrogen) atoms. The molecule has 1 unspecified atom stereocenters. The van der Waals surface area contributed by atoms with E-state index in [4.69, 9.17) is 4.52 Å². The quantitative estimate of drug-likeness (QED) is 0.851. The van der Waals surface area contributed by atoms with Gasteiger partial charge in [-0.25, -0.2) is 0 Å². The summed E-state index contributed by atoms with van der Waals surface area (Å²) in [6.45, 7) is 8.90. The van der Waals surface area contributed by atoms with Crippen molar-refractivity contribution in [3.8, 4) is 0 Å². The molecule has 3 heterocycles. The maximum absolute atomic E-state index is 5.39. The van der Waals surface area contributed by atoms with Crippen LogP contribution in [-0.4, -0.2) is 51.4 Å². The topological polar surface area (TPSA) is 71.2 Å². The number of rotatable bonds is 4. The average molecular weight is 330 g/mol. The predicted octanol–water partition coefficient (Wildman–Crippen LogP) is 2.26. The van der Waals surface area contributed by atoms with Gasteiger partial charge in [-0.2, -0.15) is 10.1 Å². The van der Waals surface area contributed by atoms with Gasteiger partial charge in [0.05, 0.1) is 6.54 Å². The van der Waals surface area contributed by atoms with Gasteiger partial charge >= 0.3 is 0 Å². The first-order valence-electron chi connectivity index (χ1n) is 8.49. The van der Waals surface area contributed by atoms with Crippen LogP contribution in [-0.2, 0) is 12.0 Å². The summed E-state index contributed by atoms with van der Waals surface area (Å²) >= 11 is 0. The van der Waals surface area contributed by atoms with Crippen LogP contribution in [0.5, 0.6) is 0 Å². The van der Waals surface area contributed by atoms with Gasteiger partial charge in [0.15, 0.2) is 11.6 Å². The molecule has 1 aliphatic rings. The molecular weight excluding hydrogens is 304 g/mol. The second-order valence-corrected chi connectivity index (χ2v) is 7.50. The number of aromatic nitrogens is 4. The van der Waals surface area contributed by atoms with Gasteiger partial charge in [0, 0.05) is 30.7 Å². The van der Waals surface area contributed by atoms with Crippen LogP contribution < -0.4 is 4.90 Å². The van der Waals surface area contributed by atoms with Crippen LogP contribution >= 0.6 is 0 Å². The summed E-state index contributed by atoms with van der Waals surface area (Å²) < 4.78 is 5.39. The van der Waals surface area contributed by atoms with Crippen LogP contribution in [0.2, 0.25) is 0 Å². The highest BCUT2D eigenvalue weighted by Crippen LogP contribution is 2.22. The lowest BCUT2D eigenvalue weighted by atomic mass is 9.97. The zero-order chi connectivity index (χ0) is 17.2. The van der Waals surface area contributed by atoms with Gasteiger partial charge in [-0.15, -0.1) is 5.10 Å². The predicted molar refractivity (Wildman–Crippen MR) is 91.7 cm³/mol. The van der Waals surface area contributed by atoms with Crippen LogP contribution in [0, 0.1) is 0 Å². The first-order valence-corrected chi connectivity index (χ1v) is 8.49. The van der Waals surface area contributed by atoms with E-state index in [-0.39, 0.29) is 5.41 Å². The molecule has 7 nitrogen and oxygen atoms in total. The summed E-state index contributed by atoms with van der Waals surface area (Å²) in [5.74, 6) is 2.39. The number of likely N-dealkylation sites (N-methyl/N-ethyl adjacent to an activating group) is 1. The van der Waals surface area contributed by atoms with Gasteiger partial charge in [-0.3, -0.25) is 4.90 Å². The van der Waals surface area contributed by atoms with E-state index in [1.807, 2.05) is 12.1 Å². The lowest BCUT2D eigenvalue weighted by molar-refractivity contribution is 0.200. The van der Waals surface area contributed by atoms with Crippen LogP contribution in [0.25, 0.3) is 0 Å². The Hall–Kier alpha value is -2.02. The molecule has 1 atom stereocenters. The Balaban J connectivity index is 1.62. The lowest BCUT2D eigenvalue weighted by Crippen LogP contribution is -2.46. The maximum atomic E-state index is 5.39. The minimum Gasteiger partial charge on any atom is -0.354 e. The molecule has 1 saturated heterocycles. The van der Waals surface area contributed by atoms with Crippen molar-refractivity contribution in [1.82, 2.24) is 25.2 Å². The molecule has 130 valence electrons. The van der Waals surface area contributed by atoms with Crippen LogP contribution in [0.1, 0.15) is 45.3 Å². The molecule has 2 aromatic rings. The van der Waals surface area contributed by atoms with E-state index in [1.54, 1.807) is 6.20 Å². The van der Waals surface area contributed by atoms with Crippen molar-refractivity contribution in [3.05, 3.63) is 30.0 Å². The summed E-state index contributed by atoms with van der Waals surface area (Å²) in [5, 5.41) is 12.3. The SMILES string of the molecule is CN(Cc1noc(C(C)(C)C)n1)C1CCCN(c2cccnn2)C1. The summed E-state index contributed by atoms with van der Waals surface area (Å²) in [6, 6.07) is 4.39. The smallest absolute Gasteiger partial charge is 0.232 e. The highest BCUT2D eigenvalue weighted by molar-refractivity contribution is 5.37. The number of hydrogen-bond acceptors (Lipinski definition) is 7. The molecule has 0 saturated carbocycles. The van der Waals surface area contributed by atoms with Crippen LogP contribution in [0.4, 0.5) is 5.82 Å². The van der Waals surface area contributed by atoms with Crippen LogP contribution in [0.15, 0.2) is 22.9 Å². The molecule has 7 heteroatoms. The molecule has 2 aromatic heterocycles. The number of piperidine rings is 1. The molecule has 3 rings (SSSR count). The molecule has 1 aliphatic heterocycles. The Morgan fingerprint density at radius 2 is 2.21 bits per heavy atom. The van der Waals surface area contributed by atoms with Crippen molar-refractivity contribution in [2.24, 2.45) is 0 Å². The Labute approximate surface area is 143 Å². The monoisotopic (exact) mass is 330 g/mol. The first-order chi connectivity index (χ1) is 11.4. The normalized spacial score (nSPS) is 19.0. The Bertz CT molecular complexity index is 651. The van der Waals surface area contributed by atoms with E-state index >= 15 is 0 Å². The van der Waals surface area contributed by atoms with Gasteiger partial charge in [-0.1, -0.05) is 25.9 Å². The second kappa shape index (κ2) is 6.84. The third-order valence-corrected chi connectivity index (χ3v) is 4.40. The van der Waals surface area contributed by atoms with Gasteiger partial charge in [0.1, 0.15) is 0 Å². The fourth-order valence-corrected chi connectivity index (χ4v) is 2.96. The van der Waals surface area contributed by atoms with Crippen molar-refractivity contribution in [2.45, 2.75) is 51.6 Å². The molecule has 0 bridgehead atoms. The van der Waals surface area contributed by atoms with Gasteiger partial charge < -0.3 is 9.42 Å². The standard InChI is InChI=1S/C17H26N6O/c1-17(2,3)16-19-14(21-24-16)12-22(4)13-7-6-10-23(11-13)15-8-5-9-18-20-15/h5,8-9,13H,6-7,10-12H2,1-4H3. The molecule has 0 spiro atoms. The summed E-state index contributed by atoms with van der Waals surface area (Å²) in [6.07, 6.45) is 4.02. The Kier molecular flexibility index (Phi) is 4.80. The third-order valence-electron chi connectivity index (χ3n) is 4.40. The van der Waals surface area contributed by atoms with Gasteiger partial charge in [-0.05, 0) is 32.0 Å². The maximum Gasteiger partial charge on any atom is 0.232 e. The fraction of sp³-hybridized carbons (Fsp3) is 0.647. The summed E-state index contributed by atoms with van der Waals surface area (Å²) in [4.78, 5) is 9.14. The molecule has 0 aliphatic carbocycles. The van der Waals surface area contributed by atoms with Crippen LogP contribution in [0.3, 0.4) is 0 Å². The van der Waals surface area contributed by atoms with Gasteiger partial charge in [0.2, 0.25) is 5.89 Å². The Morgan fingerprint density at radius 3 is 2.88 bits per heavy atom. The third kappa shape index (κ3) is 3.90. The first kappa shape index (κ1) is 16.8. The highest BCUT2D eigenvalue weighted by atomic mass is 16.5. The van der Waals surface area contributed by atoms with E-state index in [0.29, 0.717) is 18.5 Å². The van der Waals surface area contributed by atoms with Crippen molar-refractivity contribution >= 4 is 5.82 Å².